The first-order chi connectivity index (χ1) is 9.04. The summed E-state index contributed by atoms with van der Waals surface area (Å²) in [7, 11) is 0. The van der Waals surface area contributed by atoms with Gasteiger partial charge in [0.25, 0.3) is 0 Å². The van der Waals surface area contributed by atoms with Crippen molar-refractivity contribution < 1.29 is 4.79 Å². The van der Waals surface area contributed by atoms with Gasteiger partial charge < -0.3 is 4.90 Å². The molecule has 1 fully saturated rings. The third-order valence-corrected chi connectivity index (χ3v) is 4.16. The molecule has 2 unspecified atom stereocenters. The molecule has 1 aromatic heterocycles. The highest BCUT2D eigenvalue weighted by Gasteiger charge is 2.31. The number of aryl methyl sites for hydroxylation is 1. The van der Waals surface area contributed by atoms with E-state index in [1.807, 2.05) is 9.47 Å². The Kier molecular flexibility index (Phi) is 4.39. The molecule has 1 N–H and O–H groups in total. The molecule has 0 aliphatic carbocycles. The summed E-state index contributed by atoms with van der Waals surface area (Å²) < 4.78 is 2.37. The van der Waals surface area contributed by atoms with Crippen LogP contribution in [0.1, 0.15) is 45.9 Å². The van der Waals surface area contributed by atoms with Crippen molar-refractivity contribution in [2.24, 2.45) is 0 Å². The van der Waals surface area contributed by atoms with Crippen LogP contribution in [0, 0.1) is 4.77 Å². The Hall–Kier alpha value is -1.17. The maximum atomic E-state index is 12.5. The van der Waals surface area contributed by atoms with E-state index in [1.165, 1.54) is 0 Å². The smallest absolute Gasteiger partial charge is 0.243 e. The highest BCUT2D eigenvalue weighted by molar-refractivity contribution is 7.71. The Morgan fingerprint density at radius 3 is 2.63 bits per heavy atom. The lowest BCUT2D eigenvalue weighted by molar-refractivity contribution is -0.134. The number of likely N-dealkylation sites (tertiary alicyclic amines) is 1. The molecule has 0 saturated carbocycles. The number of rotatable bonds is 4. The van der Waals surface area contributed by atoms with E-state index in [1.54, 1.807) is 0 Å². The predicted octanol–water partition coefficient (Wildman–Crippen LogP) is 2.29. The van der Waals surface area contributed by atoms with E-state index < -0.39 is 0 Å². The molecule has 19 heavy (non-hydrogen) atoms. The second-order valence-corrected chi connectivity index (χ2v) is 5.74. The molecule has 1 aliphatic heterocycles. The van der Waals surface area contributed by atoms with E-state index in [-0.39, 0.29) is 5.91 Å². The molecule has 106 valence electrons. The molecular formula is C13H22N4OS. The largest absolute Gasteiger partial charge is 0.336 e. The lowest BCUT2D eigenvalue weighted by Gasteiger charge is -2.26. The Morgan fingerprint density at radius 2 is 2.05 bits per heavy atom. The number of hydrogen-bond acceptors (Lipinski definition) is 3. The van der Waals surface area contributed by atoms with Crippen LogP contribution in [0.4, 0.5) is 0 Å². The summed E-state index contributed by atoms with van der Waals surface area (Å²) in [5.74, 6) is 1.02. The molecule has 1 saturated heterocycles. The number of hydrogen-bond donors (Lipinski definition) is 1. The first-order valence-corrected chi connectivity index (χ1v) is 7.40. The fourth-order valence-electron chi connectivity index (χ4n) is 2.83. The van der Waals surface area contributed by atoms with Gasteiger partial charge in [-0.05, 0) is 45.3 Å². The van der Waals surface area contributed by atoms with Crippen molar-refractivity contribution in [3.8, 4) is 0 Å². The number of nitrogens with zero attached hydrogens (tertiary/aromatic N) is 3. The van der Waals surface area contributed by atoms with Crippen molar-refractivity contribution >= 4 is 18.1 Å². The van der Waals surface area contributed by atoms with Gasteiger partial charge in [0.05, 0.1) is 0 Å². The van der Waals surface area contributed by atoms with Gasteiger partial charge in [-0.25, -0.2) is 0 Å². The van der Waals surface area contributed by atoms with E-state index in [9.17, 15) is 4.79 Å². The standard InChI is InChI=1S/C13H22N4OS/c1-4-5-11-14-15-13(19)16(11)8-12(18)17-9(2)6-7-10(17)3/h9-10H,4-8H2,1-3H3,(H,15,19). The monoisotopic (exact) mass is 282 g/mol. The minimum Gasteiger partial charge on any atom is -0.336 e. The lowest BCUT2D eigenvalue weighted by atomic mass is 10.2. The minimum atomic E-state index is 0.146. The molecule has 1 aromatic rings. The van der Waals surface area contributed by atoms with E-state index >= 15 is 0 Å². The van der Waals surface area contributed by atoms with Crippen LogP contribution in [-0.4, -0.2) is 37.7 Å². The fraction of sp³-hybridized carbons (Fsp3) is 0.769. The van der Waals surface area contributed by atoms with Gasteiger partial charge in [-0.2, -0.15) is 5.10 Å². The Bertz CT molecular complexity index is 497. The van der Waals surface area contributed by atoms with Gasteiger partial charge >= 0.3 is 0 Å². The molecule has 2 atom stereocenters. The topological polar surface area (TPSA) is 53.9 Å². The molecule has 6 heteroatoms. The van der Waals surface area contributed by atoms with E-state index in [0.717, 1.165) is 31.5 Å². The van der Waals surface area contributed by atoms with Crippen LogP contribution in [0.15, 0.2) is 0 Å². The zero-order valence-electron chi connectivity index (χ0n) is 11.8. The zero-order valence-corrected chi connectivity index (χ0v) is 12.7. The van der Waals surface area contributed by atoms with Crippen LogP contribution in [-0.2, 0) is 17.8 Å². The van der Waals surface area contributed by atoms with Crippen LogP contribution >= 0.6 is 12.2 Å². The number of aromatic amines is 1. The minimum absolute atomic E-state index is 0.146. The van der Waals surface area contributed by atoms with Gasteiger partial charge in [-0.3, -0.25) is 14.5 Å². The van der Waals surface area contributed by atoms with Crippen molar-refractivity contribution in [3.63, 3.8) is 0 Å². The average molecular weight is 282 g/mol. The molecule has 0 bridgehead atoms. The van der Waals surface area contributed by atoms with Gasteiger partial charge in [0.2, 0.25) is 5.91 Å². The highest BCUT2D eigenvalue weighted by atomic mass is 32.1. The van der Waals surface area contributed by atoms with E-state index in [0.29, 0.717) is 23.4 Å². The van der Waals surface area contributed by atoms with Crippen LogP contribution in [0.5, 0.6) is 0 Å². The quantitative estimate of drug-likeness (QED) is 0.862. The van der Waals surface area contributed by atoms with Crippen molar-refractivity contribution in [1.82, 2.24) is 19.7 Å². The SMILES string of the molecule is CCCc1n[nH]c(=S)n1CC(=O)N1C(C)CCC1C. The maximum absolute atomic E-state index is 12.5. The summed E-state index contributed by atoms with van der Waals surface area (Å²) in [5.41, 5.74) is 0. The first kappa shape index (κ1) is 14.2. The summed E-state index contributed by atoms with van der Waals surface area (Å²) in [6.07, 6.45) is 4.01. The summed E-state index contributed by atoms with van der Waals surface area (Å²) >= 11 is 5.21. The molecule has 2 rings (SSSR count). The normalized spacial score (nSPS) is 23.0. The summed E-state index contributed by atoms with van der Waals surface area (Å²) in [5, 5.41) is 6.98. The Labute approximate surface area is 119 Å². The highest BCUT2D eigenvalue weighted by Crippen LogP contribution is 2.23. The number of carbonyl (C=O) groups excluding carboxylic acids is 1. The van der Waals surface area contributed by atoms with Gasteiger partial charge in [0, 0.05) is 18.5 Å². The Morgan fingerprint density at radius 1 is 1.42 bits per heavy atom. The van der Waals surface area contributed by atoms with Gasteiger partial charge in [-0.1, -0.05) is 6.92 Å². The van der Waals surface area contributed by atoms with Crippen LogP contribution in [0.25, 0.3) is 0 Å². The van der Waals surface area contributed by atoms with Crippen LogP contribution < -0.4 is 0 Å². The van der Waals surface area contributed by atoms with Crippen molar-refractivity contribution in [1.29, 1.82) is 0 Å². The molecular weight excluding hydrogens is 260 g/mol. The van der Waals surface area contributed by atoms with Gasteiger partial charge in [-0.15, -0.1) is 0 Å². The summed E-state index contributed by atoms with van der Waals surface area (Å²) in [4.78, 5) is 14.4. The van der Waals surface area contributed by atoms with Crippen LogP contribution in [0.2, 0.25) is 0 Å². The number of carbonyl (C=O) groups is 1. The second kappa shape index (κ2) is 5.86. The maximum Gasteiger partial charge on any atom is 0.243 e. The van der Waals surface area contributed by atoms with Crippen molar-refractivity contribution in [2.75, 3.05) is 0 Å². The predicted molar refractivity (Wildman–Crippen MR) is 76.4 cm³/mol. The molecule has 0 radical (unpaired) electrons. The molecule has 5 nitrogen and oxygen atoms in total. The number of aromatic nitrogens is 3. The van der Waals surface area contributed by atoms with Gasteiger partial charge in [0.1, 0.15) is 12.4 Å². The average Bonchev–Trinajstić information content (AvgIpc) is 2.86. The third-order valence-electron chi connectivity index (χ3n) is 3.84. The van der Waals surface area contributed by atoms with Crippen molar-refractivity contribution in [2.45, 2.75) is 65.1 Å². The van der Waals surface area contributed by atoms with E-state index in [2.05, 4.69) is 31.0 Å². The Balaban J connectivity index is 2.15. The molecule has 0 spiro atoms. The van der Waals surface area contributed by atoms with Crippen LogP contribution in [0.3, 0.4) is 0 Å². The summed E-state index contributed by atoms with van der Waals surface area (Å²) in [6.45, 7) is 6.62. The summed E-state index contributed by atoms with van der Waals surface area (Å²) in [6, 6.07) is 0.663. The molecule has 1 amide bonds. The first-order valence-electron chi connectivity index (χ1n) is 6.99. The zero-order chi connectivity index (χ0) is 14.0. The number of amides is 1. The van der Waals surface area contributed by atoms with E-state index in [4.69, 9.17) is 12.2 Å². The number of H-pyrrole nitrogens is 1. The lowest BCUT2D eigenvalue weighted by Crippen LogP contribution is -2.40. The molecule has 0 aromatic carbocycles. The molecule has 2 heterocycles. The second-order valence-electron chi connectivity index (χ2n) is 5.36. The molecule has 1 aliphatic rings. The third kappa shape index (κ3) is 2.88. The number of nitrogens with one attached hydrogen (secondary N) is 1. The van der Waals surface area contributed by atoms with Crippen molar-refractivity contribution in [3.05, 3.63) is 10.6 Å². The van der Waals surface area contributed by atoms with Gasteiger partial charge in [0.15, 0.2) is 4.77 Å². The fourth-order valence-corrected chi connectivity index (χ4v) is 3.05.